The Bertz CT molecular complexity index is 509. The lowest BCUT2D eigenvalue weighted by atomic mass is 10.1. The quantitative estimate of drug-likeness (QED) is 0.536. The molecule has 0 radical (unpaired) electrons. The molecule has 0 bridgehead atoms. The summed E-state index contributed by atoms with van der Waals surface area (Å²) in [6.07, 6.45) is 2.37. The Morgan fingerprint density at radius 2 is 1.65 bits per heavy atom. The number of rotatable bonds is 6. The molecule has 0 aliphatic rings. The number of carbonyl (C=O) groups is 1. The van der Waals surface area contributed by atoms with E-state index in [4.69, 9.17) is 19.7 Å². The van der Waals surface area contributed by atoms with Crippen LogP contribution in [0.15, 0.2) is 18.2 Å². The largest absolute Gasteiger partial charge is 0.502 e. The molecule has 0 spiro atoms. The fourth-order valence-corrected chi connectivity index (χ4v) is 1.48. The third-order valence-corrected chi connectivity index (χ3v) is 2.69. The molecule has 0 saturated heterocycles. The van der Waals surface area contributed by atoms with Crippen molar-refractivity contribution in [2.24, 2.45) is 0 Å². The van der Waals surface area contributed by atoms with Gasteiger partial charge >= 0.3 is 5.97 Å². The molecule has 7 nitrogen and oxygen atoms in total. The van der Waals surface area contributed by atoms with Crippen molar-refractivity contribution in [1.82, 2.24) is 0 Å². The van der Waals surface area contributed by atoms with Gasteiger partial charge in [-0.25, -0.2) is 4.79 Å². The lowest BCUT2D eigenvalue weighted by molar-refractivity contribution is -0.870. The van der Waals surface area contributed by atoms with Gasteiger partial charge in [-0.3, -0.25) is 0 Å². The Balaban J connectivity index is 0.000000585. The molecule has 0 aliphatic heterocycles. The molecule has 23 heavy (non-hydrogen) atoms. The van der Waals surface area contributed by atoms with E-state index >= 15 is 0 Å². The molecule has 0 atom stereocenters. The van der Waals surface area contributed by atoms with E-state index in [1.807, 2.05) is 0 Å². The van der Waals surface area contributed by atoms with E-state index < -0.39 is 5.97 Å². The number of phenolic OH excluding ortho intramolecular Hbond substituents is 1. The molecule has 7 heteroatoms. The van der Waals surface area contributed by atoms with Gasteiger partial charge in [0.15, 0.2) is 11.5 Å². The summed E-state index contributed by atoms with van der Waals surface area (Å²) in [7, 11) is 8.96. The van der Waals surface area contributed by atoms with E-state index in [0.29, 0.717) is 5.56 Å². The van der Waals surface area contributed by atoms with Crippen LogP contribution in [-0.4, -0.2) is 74.3 Å². The minimum Gasteiger partial charge on any atom is -0.502 e. The van der Waals surface area contributed by atoms with E-state index in [1.165, 1.54) is 32.4 Å². The predicted molar refractivity (Wildman–Crippen MR) is 87.9 cm³/mol. The van der Waals surface area contributed by atoms with Crippen molar-refractivity contribution in [3.8, 4) is 17.2 Å². The standard InChI is InChI=1S/C11H12O5.C5H14NO/c1-15-8-5-7(3-4-10(12)13)6-9(16-2)11(8)14;1-6(2,3)4-5-7/h3-6,14H,1-2H3,(H,12,13);7H,4-5H2,1-3H3/q;+1/b4-3+;. The van der Waals surface area contributed by atoms with E-state index in [9.17, 15) is 9.90 Å². The number of methoxy groups -OCH3 is 2. The van der Waals surface area contributed by atoms with Gasteiger partial charge in [-0.05, 0) is 23.8 Å². The highest BCUT2D eigenvalue weighted by Crippen LogP contribution is 2.37. The number of quaternary nitrogens is 1. The number of aliphatic hydroxyl groups is 1. The van der Waals surface area contributed by atoms with Gasteiger partial charge in [0.1, 0.15) is 6.54 Å². The Morgan fingerprint density at radius 1 is 1.17 bits per heavy atom. The summed E-state index contributed by atoms with van der Waals surface area (Å²) in [6.45, 7) is 1.11. The molecule has 0 amide bonds. The van der Waals surface area contributed by atoms with Gasteiger partial charge in [-0.1, -0.05) is 0 Å². The molecular formula is C16H26NO6+. The smallest absolute Gasteiger partial charge is 0.328 e. The first-order valence-electron chi connectivity index (χ1n) is 6.92. The zero-order valence-electron chi connectivity index (χ0n) is 14.2. The van der Waals surface area contributed by atoms with Crippen molar-refractivity contribution in [3.05, 3.63) is 23.8 Å². The van der Waals surface area contributed by atoms with Gasteiger partial charge in [0.2, 0.25) is 5.75 Å². The predicted octanol–water partition coefficient (Wildman–Crippen LogP) is 1.19. The van der Waals surface area contributed by atoms with E-state index in [1.54, 1.807) is 0 Å². The van der Waals surface area contributed by atoms with Gasteiger partial charge < -0.3 is 29.3 Å². The average Bonchev–Trinajstić information content (AvgIpc) is 2.45. The summed E-state index contributed by atoms with van der Waals surface area (Å²) in [5.41, 5.74) is 0.564. The van der Waals surface area contributed by atoms with Gasteiger partial charge in [0.05, 0.1) is 42.0 Å². The first-order valence-corrected chi connectivity index (χ1v) is 6.92. The van der Waals surface area contributed by atoms with Crippen LogP contribution in [0, 0.1) is 0 Å². The number of aliphatic hydroxyl groups excluding tert-OH is 1. The van der Waals surface area contributed by atoms with Crippen molar-refractivity contribution >= 4 is 12.0 Å². The minimum absolute atomic E-state index is 0.113. The molecule has 1 rings (SSSR count). The van der Waals surface area contributed by atoms with E-state index in [0.717, 1.165) is 17.1 Å². The first kappa shape index (κ1) is 20.8. The maximum atomic E-state index is 10.3. The van der Waals surface area contributed by atoms with Gasteiger partial charge in [0, 0.05) is 6.08 Å². The van der Waals surface area contributed by atoms with E-state index in [-0.39, 0.29) is 23.9 Å². The van der Waals surface area contributed by atoms with Crippen LogP contribution in [0.25, 0.3) is 6.08 Å². The normalized spacial score (nSPS) is 10.9. The summed E-state index contributed by atoms with van der Waals surface area (Å²) in [5, 5.41) is 26.5. The maximum absolute atomic E-state index is 10.3. The summed E-state index contributed by atoms with van der Waals surface area (Å²) < 4.78 is 10.7. The highest BCUT2D eigenvalue weighted by Gasteiger charge is 2.09. The Labute approximate surface area is 136 Å². The number of likely N-dealkylation sites (N-methyl/N-ethyl adjacent to an activating group) is 1. The molecule has 0 unspecified atom stereocenters. The average molecular weight is 328 g/mol. The SMILES string of the molecule is COc1cc(/C=C/C(=O)O)cc(OC)c1O.C[N+](C)(C)CCO. The van der Waals surface area contributed by atoms with Crippen LogP contribution in [-0.2, 0) is 4.79 Å². The third-order valence-electron chi connectivity index (χ3n) is 2.69. The van der Waals surface area contributed by atoms with Crippen LogP contribution in [0.1, 0.15) is 5.56 Å². The monoisotopic (exact) mass is 328 g/mol. The van der Waals surface area contributed by atoms with Gasteiger partial charge in [-0.2, -0.15) is 0 Å². The first-order chi connectivity index (χ1) is 10.6. The van der Waals surface area contributed by atoms with Crippen LogP contribution >= 0.6 is 0 Å². The second-order valence-electron chi connectivity index (χ2n) is 5.68. The molecular weight excluding hydrogens is 302 g/mol. The molecule has 130 valence electrons. The number of phenols is 1. The fourth-order valence-electron chi connectivity index (χ4n) is 1.48. The number of nitrogens with zero attached hydrogens (tertiary/aromatic N) is 1. The number of aromatic hydroxyl groups is 1. The highest BCUT2D eigenvalue weighted by molar-refractivity contribution is 5.85. The molecule has 0 fully saturated rings. The van der Waals surface area contributed by atoms with Crippen LogP contribution < -0.4 is 9.47 Å². The second kappa shape index (κ2) is 9.70. The highest BCUT2D eigenvalue weighted by atomic mass is 16.5. The molecule has 1 aromatic rings. The number of ether oxygens (including phenoxy) is 2. The number of hydrogen-bond acceptors (Lipinski definition) is 5. The second-order valence-corrected chi connectivity index (χ2v) is 5.68. The summed E-state index contributed by atoms with van der Waals surface area (Å²) in [4.78, 5) is 10.3. The Morgan fingerprint density at radius 3 is 1.91 bits per heavy atom. The molecule has 1 aromatic carbocycles. The number of aliphatic carboxylic acids is 1. The number of hydrogen-bond donors (Lipinski definition) is 3. The molecule has 0 heterocycles. The van der Waals surface area contributed by atoms with Crippen LogP contribution in [0.2, 0.25) is 0 Å². The van der Waals surface area contributed by atoms with Crippen molar-refractivity contribution in [2.45, 2.75) is 0 Å². The minimum atomic E-state index is -1.05. The molecule has 0 saturated carbocycles. The number of carboxylic acid groups (broad SMARTS) is 1. The van der Waals surface area contributed by atoms with Gasteiger partial charge in [-0.15, -0.1) is 0 Å². The van der Waals surface area contributed by atoms with Crippen molar-refractivity contribution < 1.29 is 34.1 Å². The molecule has 3 N–H and O–H groups in total. The zero-order valence-corrected chi connectivity index (χ0v) is 14.2. The molecule has 0 aliphatic carbocycles. The Kier molecular flexibility index (Phi) is 8.75. The summed E-state index contributed by atoms with van der Waals surface area (Å²) in [5.74, 6) is -0.711. The summed E-state index contributed by atoms with van der Waals surface area (Å²) >= 11 is 0. The maximum Gasteiger partial charge on any atom is 0.328 e. The van der Waals surface area contributed by atoms with Crippen LogP contribution in [0.3, 0.4) is 0 Å². The molecule has 0 aromatic heterocycles. The van der Waals surface area contributed by atoms with E-state index in [2.05, 4.69) is 21.1 Å². The summed E-state index contributed by atoms with van der Waals surface area (Å²) in [6, 6.07) is 3.02. The number of carboxylic acids is 1. The number of benzene rings is 1. The topological polar surface area (TPSA) is 96.2 Å². The fraction of sp³-hybridized carbons (Fsp3) is 0.438. The Hall–Kier alpha value is -2.25. The van der Waals surface area contributed by atoms with Crippen molar-refractivity contribution in [1.29, 1.82) is 0 Å². The van der Waals surface area contributed by atoms with Crippen LogP contribution in [0.5, 0.6) is 17.2 Å². The van der Waals surface area contributed by atoms with Crippen molar-refractivity contribution in [2.75, 3.05) is 48.5 Å². The lowest BCUT2D eigenvalue weighted by Crippen LogP contribution is -2.36. The zero-order chi connectivity index (χ0) is 18.0. The third kappa shape index (κ3) is 8.70. The van der Waals surface area contributed by atoms with Gasteiger partial charge in [0.25, 0.3) is 0 Å². The van der Waals surface area contributed by atoms with Crippen LogP contribution in [0.4, 0.5) is 0 Å². The lowest BCUT2D eigenvalue weighted by Gasteiger charge is -2.21. The van der Waals surface area contributed by atoms with Crippen molar-refractivity contribution in [3.63, 3.8) is 0 Å².